The summed E-state index contributed by atoms with van der Waals surface area (Å²) in [6, 6.07) is 6.36. The van der Waals surface area contributed by atoms with Crippen molar-refractivity contribution in [3.8, 4) is 0 Å². The number of nitrogens with zero attached hydrogens (tertiary/aromatic N) is 2. The molecule has 0 aliphatic carbocycles. The van der Waals surface area contributed by atoms with Crippen LogP contribution in [0.25, 0.3) is 0 Å². The lowest BCUT2D eigenvalue weighted by Crippen LogP contribution is -2.41. The summed E-state index contributed by atoms with van der Waals surface area (Å²) in [6.45, 7) is 6.83. The fraction of sp³-hybridized carbons (Fsp3) is 0.647. The van der Waals surface area contributed by atoms with E-state index in [1.54, 1.807) is 0 Å². The number of hydrogen-bond donors (Lipinski definition) is 2. The number of nitrogens with one attached hydrogen (secondary N) is 1. The number of fused-ring (bicyclic) bond motifs is 1. The van der Waals surface area contributed by atoms with Gasteiger partial charge in [-0.2, -0.15) is 0 Å². The number of rotatable bonds is 5. The predicted molar refractivity (Wildman–Crippen MR) is 89.7 cm³/mol. The third kappa shape index (κ3) is 3.89. The Kier molecular flexibility index (Phi) is 4.99. The quantitative estimate of drug-likeness (QED) is 0.643. The second-order valence-electron chi connectivity index (χ2n) is 6.32. The van der Waals surface area contributed by atoms with E-state index >= 15 is 0 Å². The van der Waals surface area contributed by atoms with Crippen molar-refractivity contribution in [2.75, 3.05) is 50.0 Å². The summed E-state index contributed by atoms with van der Waals surface area (Å²) >= 11 is 0. The lowest BCUT2D eigenvalue weighted by molar-refractivity contribution is 0.213. The molecule has 0 radical (unpaired) electrons. The zero-order valence-corrected chi connectivity index (χ0v) is 13.0. The maximum absolute atomic E-state index is 5.95. The van der Waals surface area contributed by atoms with Gasteiger partial charge in [-0.25, -0.2) is 0 Å². The van der Waals surface area contributed by atoms with Crippen molar-refractivity contribution in [3.63, 3.8) is 0 Å². The molecule has 3 rings (SSSR count). The van der Waals surface area contributed by atoms with Gasteiger partial charge >= 0.3 is 0 Å². The van der Waals surface area contributed by atoms with Crippen LogP contribution in [0.2, 0.25) is 0 Å². The van der Waals surface area contributed by atoms with E-state index in [9.17, 15) is 0 Å². The van der Waals surface area contributed by atoms with E-state index in [1.807, 2.05) is 6.07 Å². The molecule has 1 fully saturated rings. The summed E-state index contributed by atoms with van der Waals surface area (Å²) in [6.07, 6.45) is 6.57. The molecule has 0 spiro atoms. The largest absolute Gasteiger partial charge is 0.399 e. The van der Waals surface area contributed by atoms with Crippen molar-refractivity contribution in [2.45, 2.75) is 32.1 Å². The van der Waals surface area contributed by atoms with Gasteiger partial charge in [0.05, 0.1) is 0 Å². The molecule has 0 unspecified atom stereocenters. The maximum Gasteiger partial charge on any atom is 0.0481 e. The highest BCUT2D eigenvalue weighted by atomic mass is 15.2. The first-order valence-corrected chi connectivity index (χ1v) is 8.39. The zero-order chi connectivity index (χ0) is 14.5. The second-order valence-corrected chi connectivity index (χ2v) is 6.32. The molecule has 0 amide bonds. The lowest BCUT2D eigenvalue weighted by atomic mass is 10.0. The summed E-state index contributed by atoms with van der Waals surface area (Å²) in [4.78, 5) is 5.02. The number of piperidine rings is 1. The Balaban J connectivity index is 1.46. The van der Waals surface area contributed by atoms with E-state index in [4.69, 9.17) is 5.73 Å². The highest BCUT2D eigenvalue weighted by Gasteiger charge is 2.16. The number of aryl methyl sites for hydroxylation is 1. The molecular formula is C17H28N4. The second kappa shape index (κ2) is 7.14. The summed E-state index contributed by atoms with van der Waals surface area (Å²) in [5.41, 5.74) is 9.62. The maximum atomic E-state index is 5.95. The highest BCUT2D eigenvalue weighted by molar-refractivity contribution is 5.62. The van der Waals surface area contributed by atoms with Gasteiger partial charge in [0.15, 0.2) is 0 Å². The van der Waals surface area contributed by atoms with Crippen LogP contribution in [0.5, 0.6) is 0 Å². The average Bonchev–Trinajstić information content (AvgIpc) is 2.53. The Hall–Kier alpha value is -1.26. The molecule has 3 N–H and O–H groups in total. The zero-order valence-electron chi connectivity index (χ0n) is 13.0. The summed E-state index contributed by atoms with van der Waals surface area (Å²) < 4.78 is 0. The minimum Gasteiger partial charge on any atom is -0.399 e. The standard InChI is InChI=1S/C17H28N4/c18-16-7-6-15-5-4-11-21(17(15)13-16)12-8-19-14-20-9-2-1-3-10-20/h6-7,13,19H,1-5,8-12,14,18H2. The number of anilines is 2. The topological polar surface area (TPSA) is 44.5 Å². The summed E-state index contributed by atoms with van der Waals surface area (Å²) in [5.74, 6) is 0. The normalized spacial score (nSPS) is 19.5. The van der Waals surface area contributed by atoms with E-state index < -0.39 is 0 Å². The van der Waals surface area contributed by atoms with E-state index in [-0.39, 0.29) is 0 Å². The molecule has 2 heterocycles. The van der Waals surface area contributed by atoms with Crippen molar-refractivity contribution < 1.29 is 0 Å². The van der Waals surface area contributed by atoms with Crippen LogP contribution in [-0.4, -0.2) is 44.3 Å². The van der Waals surface area contributed by atoms with Crippen molar-refractivity contribution in [1.82, 2.24) is 10.2 Å². The molecule has 0 saturated carbocycles. The smallest absolute Gasteiger partial charge is 0.0481 e. The van der Waals surface area contributed by atoms with E-state index in [0.29, 0.717) is 0 Å². The van der Waals surface area contributed by atoms with Gasteiger partial charge in [-0.15, -0.1) is 0 Å². The Morgan fingerprint density at radius 1 is 1.05 bits per heavy atom. The molecule has 2 aliphatic heterocycles. The summed E-state index contributed by atoms with van der Waals surface area (Å²) in [7, 11) is 0. The fourth-order valence-electron chi connectivity index (χ4n) is 3.47. The SMILES string of the molecule is Nc1ccc2c(c1)N(CCNCN1CCCCC1)CCC2. The van der Waals surface area contributed by atoms with Crippen LogP contribution in [0.1, 0.15) is 31.2 Å². The van der Waals surface area contributed by atoms with E-state index in [1.165, 1.54) is 56.4 Å². The predicted octanol–water partition coefficient (Wildman–Crippen LogP) is 2.05. The van der Waals surface area contributed by atoms with Gasteiger partial charge in [0.2, 0.25) is 0 Å². The molecule has 4 heteroatoms. The van der Waals surface area contributed by atoms with Crippen LogP contribution in [0.4, 0.5) is 11.4 Å². The molecule has 1 aromatic rings. The number of benzene rings is 1. The Labute approximate surface area is 128 Å². The summed E-state index contributed by atoms with van der Waals surface area (Å²) in [5, 5.41) is 3.60. The molecule has 2 aliphatic rings. The minimum atomic E-state index is 0.877. The highest BCUT2D eigenvalue weighted by Crippen LogP contribution is 2.28. The first kappa shape index (κ1) is 14.7. The first-order chi connectivity index (χ1) is 10.3. The molecule has 0 bridgehead atoms. The van der Waals surface area contributed by atoms with Gasteiger partial charge in [-0.1, -0.05) is 12.5 Å². The van der Waals surface area contributed by atoms with Gasteiger partial charge in [-0.05, 0) is 56.5 Å². The first-order valence-electron chi connectivity index (χ1n) is 8.39. The molecule has 1 aromatic carbocycles. The van der Waals surface area contributed by atoms with E-state index in [2.05, 4.69) is 27.2 Å². The van der Waals surface area contributed by atoms with Crippen molar-refractivity contribution in [1.29, 1.82) is 0 Å². The van der Waals surface area contributed by atoms with Crippen LogP contribution in [0.15, 0.2) is 18.2 Å². The molecule has 4 nitrogen and oxygen atoms in total. The minimum absolute atomic E-state index is 0.877. The number of nitrogens with two attached hydrogens (primary N) is 1. The van der Waals surface area contributed by atoms with Crippen molar-refractivity contribution in [3.05, 3.63) is 23.8 Å². The average molecular weight is 288 g/mol. The van der Waals surface area contributed by atoms with Gasteiger partial charge in [0.25, 0.3) is 0 Å². The van der Waals surface area contributed by atoms with Gasteiger partial charge in [0, 0.05) is 37.7 Å². The van der Waals surface area contributed by atoms with Gasteiger partial charge < -0.3 is 16.0 Å². The van der Waals surface area contributed by atoms with Gasteiger partial charge in [0.1, 0.15) is 0 Å². The Morgan fingerprint density at radius 3 is 2.76 bits per heavy atom. The van der Waals surface area contributed by atoms with Crippen LogP contribution in [-0.2, 0) is 6.42 Å². The molecule has 21 heavy (non-hydrogen) atoms. The third-order valence-electron chi connectivity index (χ3n) is 4.67. The fourth-order valence-corrected chi connectivity index (χ4v) is 3.47. The van der Waals surface area contributed by atoms with Crippen LogP contribution < -0.4 is 16.0 Å². The van der Waals surface area contributed by atoms with Gasteiger partial charge in [-0.3, -0.25) is 4.90 Å². The van der Waals surface area contributed by atoms with Crippen molar-refractivity contribution in [2.24, 2.45) is 0 Å². The molecular weight excluding hydrogens is 260 g/mol. The number of likely N-dealkylation sites (tertiary alicyclic amines) is 1. The number of hydrogen-bond acceptors (Lipinski definition) is 4. The van der Waals surface area contributed by atoms with Crippen LogP contribution >= 0.6 is 0 Å². The van der Waals surface area contributed by atoms with E-state index in [0.717, 1.165) is 32.0 Å². The molecule has 0 atom stereocenters. The lowest BCUT2D eigenvalue weighted by Gasteiger charge is -2.32. The molecule has 0 aromatic heterocycles. The molecule has 116 valence electrons. The van der Waals surface area contributed by atoms with Crippen LogP contribution in [0.3, 0.4) is 0 Å². The third-order valence-corrected chi connectivity index (χ3v) is 4.67. The Bertz CT molecular complexity index is 454. The monoisotopic (exact) mass is 288 g/mol. The van der Waals surface area contributed by atoms with Crippen molar-refractivity contribution >= 4 is 11.4 Å². The number of nitrogen functional groups attached to an aromatic ring is 1. The molecule has 1 saturated heterocycles. The van der Waals surface area contributed by atoms with Crippen LogP contribution in [0, 0.1) is 0 Å². The Morgan fingerprint density at radius 2 is 1.90 bits per heavy atom.